The molecule has 0 bridgehead atoms. The lowest BCUT2D eigenvalue weighted by molar-refractivity contribution is -0.145. The van der Waals surface area contributed by atoms with Crippen LogP contribution < -0.4 is 4.74 Å². The van der Waals surface area contributed by atoms with Gasteiger partial charge in [-0.3, -0.25) is 9.69 Å². The summed E-state index contributed by atoms with van der Waals surface area (Å²) in [5, 5.41) is 18.1. The number of benzene rings is 2. The van der Waals surface area contributed by atoms with Crippen LogP contribution >= 0.6 is 0 Å². The molecule has 1 aliphatic heterocycles. The topological polar surface area (TPSA) is 80.5 Å². The maximum absolute atomic E-state index is 12.0. The maximum Gasteiger partial charge on any atom is 0.322 e. The van der Waals surface area contributed by atoms with E-state index in [0.717, 1.165) is 34.1 Å². The molecule has 1 atom stereocenters. The molecule has 1 unspecified atom stereocenters. The van der Waals surface area contributed by atoms with Gasteiger partial charge in [-0.15, -0.1) is 10.2 Å². The van der Waals surface area contributed by atoms with E-state index in [-0.39, 0.29) is 0 Å². The molecule has 0 fully saturated rings. The van der Waals surface area contributed by atoms with Crippen LogP contribution in [0.15, 0.2) is 42.5 Å². The van der Waals surface area contributed by atoms with Crippen molar-refractivity contribution in [3.63, 3.8) is 0 Å². The number of aliphatic carboxylic acids is 1. The highest BCUT2D eigenvalue weighted by molar-refractivity contribution is 5.74. The lowest BCUT2D eigenvalue weighted by Crippen LogP contribution is -2.47. The molecule has 3 aromatic rings. The van der Waals surface area contributed by atoms with E-state index >= 15 is 0 Å². The zero-order chi connectivity index (χ0) is 20.5. The first kappa shape index (κ1) is 19.1. The number of carboxylic acids is 1. The average molecular weight is 392 g/mol. The van der Waals surface area contributed by atoms with Gasteiger partial charge in [0.25, 0.3) is 0 Å². The molecule has 4 rings (SSSR count). The fourth-order valence-electron chi connectivity index (χ4n) is 3.95. The summed E-state index contributed by atoms with van der Waals surface area (Å²) in [6.07, 6.45) is 0. The SMILES string of the molecule is COc1ccc(-c2ccccc2C)cc1CN1Cc2nnc(C)n2CC1C(=O)O. The minimum atomic E-state index is -0.849. The smallest absolute Gasteiger partial charge is 0.322 e. The molecule has 0 amide bonds. The molecule has 7 heteroatoms. The van der Waals surface area contributed by atoms with Gasteiger partial charge in [0, 0.05) is 12.1 Å². The third kappa shape index (κ3) is 3.61. The van der Waals surface area contributed by atoms with Gasteiger partial charge in [-0.25, -0.2) is 0 Å². The number of carbonyl (C=O) groups is 1. The van der Waals surface area contributed by atoms with E-state index in [1.54, 1.807) is 7.11 Å². The number of aromatic nitrogens is 3. The Bertz CT molecular complexity index is 1060. The van der Waals surface area contributed by atoms with Crippen LogP contribution in [-0.4, -0.2) is 43.9 Å². The number of hydrogen-bond donors (Lipinski definition) is 1. The Kier molecular flexibility index (Phi) is 5.07. The minimum Gasteiger partial charge on any atom is -0.496 e. The fraction of sp³-hybridized carbons (Fsp3) is 0.318. The van der Waals surface area contributed by atoms with Crippen molar-refractivity contribution in [3.05, 3.63) is 65.2 Å². The summed E-state index contributed by atoms with van der Waals surface area (Å²) in [4.78, 5) is 13.9. The lowest BCUT2D eigenvalue weighted by Gasteiger charge is -2.33. The van der Waals surface area contributed by atoms with Gasteiger partial charge in [-0.05, 0) is 42.7 Å². The molecule has 0 spiro atoms. The molecule has 1 aliphatic rings. The van der Waals surface area contributed by atoms with E-state index in [4.69, 9.17) is 4.74 Å². The van der Waals surface area contributed by atoms with Crippen molar-refractivity contribution < 1.29 is 14.6 Å². The molecule has 29 heavy (non-hydrogen) atoms. The van der Waals surface area contributed by atoms with Crippen LogP contribution in [0.2, 0.25) is 0 Å². The predicted octanol–water partition coefficient (Wildman–Crippen LogP) is 3.04. The van der Waals surface area contributed by atoms with Gasteiger partial charge >= 0.3 is 5.97 Å². The number of hydrogen-bond acceptors (Lipinski definition) is 5. The van der Waals surface area contributed by atoms with Crippen LogP contribution in [0.1, 0.15) is 22.8 Å². The second-order valence-electron chi connectivity index (χ2n) is 7.37. The van der Waals surface area contributed by atoms with Crippen molar-refractivity contribution in [2.24, 2.45) is 0 Å². The van der Waals surface area contributed by atoms with Crippen molar-refractivity contribution in [1.29, 1.82) is 0 Å². The summed E-state index contributed by atoms with van der Waals surface area (Å²) in [5.74, 6) is 1.42. The second kappa shape index (κ2) is 7.67. The highest BCUT2D eigenvalue weighted by Crippen LogP contribution is 2.31. The van der Waals surface area contributed by atoms with E-state index in [9.17, 15) is 9.90 Å². The molecule has 150 valence electrons. The van der Waals surface area contributed by atoms with Gasteiger partial charge in [0.05, 0.1) is 20.2 Å². The zero-order valence-electron chi connectivity index (χ0n) is 16.8. The Balaban J connectivity index is 1.70. The number of nitrogens with zero attached hydrogens (tertiary/aromatic N) is 4. The molecule has 7 nitrogen and oxygen atoms in total. The number of carboxylic acid groups (broad SMARTS) is 1. The zero-order valence-corrected chi connectivity index (χ0v) is 16.8. The third-order valence-electron chi connectivity index (χ3n) is 5.55. The molecule has 0 radical (unpaired) electrons. The van der Waals surface area contributed by atoms with E-state index in [1.165, 1.54) is 5.56 Å². The molecule has 2 heterocycles. The molecule has 0 saturated carbocycles. The van der Waals surface area contributed by atoms with Crippen LogP contribution in [0, 0.1) is 13.8 Å². The second-order valence-corrected chi connectivity index (χ2v) is 7.37. The first-order valence-electron chi connectivity index (χ1n) is 9.56. The van der Waals surface area contributed by atoms with Gasteiger partial charge in [-0.1, -0.05) is 30.3 Å². The molecule has 0 saturated heterocycles. The quantitative estimate of drug-likeness (QED) is 0.719. The first-order chi connectivity index (χ1) is 14.0. The van der Waals surface area contributed by atoms with Crippen molar-refractivity contribution in [1.82, 2.24) is 19.7 Å². The highest BCUT2D eigenvalue weighted by Gasteiger charge is 2.33. The summed E-state index contributed by atoms with van der Waals surface area (Å²) in [6, 6.07) is 13.6. The van der Waals surface area contributed by atoms with Crippen LogP contribution in [0.25, 0.3) is 11.1 Å². The largest absolute Gasteiger partial charge is 0.496 e. The molecule has 1 aromatic heterocycles. The highest BCUT2D eigenvalue weighted by atomic mass is 16.5. The normalized spacial score (nSPS) is 16.4. The summed E-state index contributed by atoms with van der Waals surface area (Å²) < 4.78 is 7.46. The van der Waals surface area contributed by atoms with Crippen LogP contribution in [-0.2, 0) is 24.4 Å². The summed E-state index contributed by atoms with van der Waals surface area (Å²) in [6.45, 7) is 5.14. The van der Waals surface area contributed by atoms with Crippen LogP contribution in [0.3, 0.4) is 0 Å². The summed E-state index contributed by atoms with van der Waals surface area (Å²) >= 11 is 0. The first-order valence-corrected chi connectivity index (χ1v) is 9.56. The van der Waals surface area contributed by atoms with E-state index < -0.39 is 12.0 Å². The Morgan fingerprint density at radius 1 is 1.21 bits per heavy atom. The monoisotopic (exact) mass is 392 g/mol. The molecule has 0 aliphatic carbocycles. The van der Waals surface area contributed by atoms with Gasteiger partial charge < -0.3 is 14.4 Å². The Hall–Kier alpha value is -3.19. The van der Waals surface area contributed by atoms with Crippen molar-refractivity contribution >= 4 is 5.97 Å². The number of ether oxygens (including phenoxy) is 1. The van der Waals surface area contributed by atoms with Crippen LogP contribution in [0.5, 0.6) is 5.75 Å². The van der Waals surface area contributed by atoms with Gasteiger partial charge in [0.1, 0.15) is 23.4 Å². The van der Waals surface area contributed by atoms with Crippen molar-refractivity contribution in [2.75, 3.05) is 7.11 Å². The Morgan fingerprint density at radius 2 is 2.00 bits per heavy atom. The van der Waals surface area contributed by atoms with E-state index in [1.807, 2.05) is 40.7 Å². The average Bonchev–Trinajstić information content (AvgIpc) is 3.07. The van der Waals surface area contributed by atoms with E-state index in [2.05, 4.69) is 35.3 Å². The van der Waals surface area contributed by atoms with E-state index in [0.29, 0.717) is 19.6 Å². The standard InChI is InChI=1S/C22H24N4O3/c1-14-6-4-5-7-18(14)16-8-9-20(29-3)17(10-16)11-25-13-21-24-23-15(2)26(21)12-19(25)22(27)28/h4-10,19H,11-13H2,1-3H3,(H,27,28). The molecular weight excluding hydrogens is 368 g/mol. The van der Waals surface area contributed by atoms with Gasteiger partial charge in [0.2, 0.25) is 0 Å². The van der Waals surface area contributed by atoms with Crippen molar-refractivity contribution in [2.45, 2.75) is 39.5 Å². The van der Waals surface area contributed by atoms with Crippen molar-refractivity contribution in [3.8, 4) is 16.9 Å². The number of aryl methyl sites for hydroxylation is 2. The Labute approximate surface area is 169 Å². The van der Waals surface area contributed by atoms with Crippen LogP contribution in [0.4, 0.5) is 0 Å². The number of methoxy groups -OCH3 is 1. The summed E-state index contributed by atoms with van der Waals surface area (Å²) in [7, 11) is 1.64. The third-order valence-corrected chi connectivity index (χ3v) is 5.55. The maximum atomic E-state index is 12.0. The summed E-state index contributed by atoms with van der Waals surface area (Å²) in [5.41, 5.74) is 4.37. The van der Waals surface area contributed by atoms with Gasteiger partial charge in [-0.2, -0.15) is 0 Å². The Morgan fingerprint density at radius 3 is 2.72 bits per heavy atom. The molecule has 2 aromatic carbocycles. The predicted molar refractivity (Wildman–Crippen MR) is 109 cm³/mol. The fourth-order valence-corrected chi connectivity index (χ4v) is 3.95. The number of fused-ring (bicyclic) bond motifs is 1. The lowest BCUT2D eigenvalue weighted by atomic mass is 9.98. The molecular formula is C22H24N4O3. The minimum absolute atomic E-state index is 0.337. The molecule has 1 N–H and O–H groups in total. The van der Waals surface area contributed by atoms with Gasteiger partial charge in [0.15, 0.2) is 0 Å². The number of rotatable bonds is 5.